The van der Waals surface area contributed by atoms with Crippen LogP contribution in [0.2, 0.25) is 0 Å². The molecule has 0 aromatic heterocycles. The van der Waals surface area contributed by atoms with Crippen LogP contribution in [0.3, 0.4) is 0 Å². The largest absolute Gasteiger partial charge is 0.409 e. The molecule has 0 saturated heterocycles. The van der Waals surface area contributed by atoms with Crippen molar-refractivity contribution in [1.82, 2.24) is 0 Å². The summed E-state index contributed by atoms with van der Waals surface area (Å²) >= 11 is 0. The van der Waals surface area contributed by atoms with E-state index < -0.39 is 10.0 Å². The molecule has 1 rings (SSSR count). The normalized spacial score (nSPS) is 12.8. The van der Waals surface area contributed by atoms with Gasteiger partial charge in [-0.3, -0.25) is 0 Å². The van der Waals surface area contributed by atoms with Gasteiger partial charge >= 0.3 is 0 Å². The number of hydrogen-bond donors (Lipinski definition) is 3. The molecule has 7 heteroatoms. The van der Waals surface area contributed by atoms with E-state index in [9.17, 15) is 8.42 Å². The number of amidine groups is 1. The zero-order valence-electron chi connectivity index (χ0n) is 8.71. The first kappa shape index (κ1) is 12.5. The molecule has 0 amide bonds. The van der Waals surface area contributed by atoms with Gasteiger partial charge in [0.1, 0.15) is 0 Å². The van der Waals surface area contributed by atoms with E-state index in [1.807, 2.05) is 0 Å². The third-order valence-electron chi connectivity index (χ3n) is 2.15. The van der Waals surface area contributed by atoms with Gasteiger partial charge in [-0.05, 0) is 30.2 Å². The Morgan fingerprint density at radius 3 is 2.56 bits per heavy atom. The fourth-order valence-electron chi connectivity index (χ4n) is 1.35. The van der Waals surface area contributed by atoms with Crippen molar-refractivity contribution in [3.8, 4) is 0 Å². The number of rotatable bonds is 3. The number of hydrogen-bond acceptors (Lipinski definition) is 4. The first-order valence-corrected chi connectivity index (χ1v) is 6.08. The quantitative estimate of drug-likeness (QED) is 0.299. The summed E-state index contributed by atoms with van der Waals surface area (Å²) in [6, 6.07) is 4.32. The Kier molecular flexibility index (Phi) is 3.51. The lowest BCUT2D eigenvalue weighted by atomic mass is 10.1. The molecule has 0 aliphatic rings. The minimum absolute atomic E-state index is 0.0597. The third kappa shape index (κ3) is 2.50. The molecule has 0 radical (unpaired) electrons. The van der Waals surface area contributed by atoms with Crippen LogP contribution in [-0.4, -0.2) is 19.5 Å². The van der Waals surface area contributed by atoms with Crippen LogP contribution in [-0.2, 0) is 16.4 Å². The lowest BCUT2D eigenvalue weighted by Crippen LogP contribution is -2.17. The minimum Gasteiger partial charge on any atom is -0.409 e. The number of benzene rings is 1. The first-order chi connectivity index (χ1) is 7.40. The summed E-state index contributed by atoms with van der Waals surface area (Å²) in [4.78, 5) is 0.0597. The second kappa shape index (κ2) is 4.50. The molecule has 0 heterocycles. The fraction of sp³-hybridized carbons (Fsp3) is 0.222. The smallest absolute Gasteiger partial charge is 0.238 e. The fourth-order valence-corrected chi connectivity index (χ4v) is 2.18. The summed E-state index contributed by atoms with van der Waals surface area (Å²) in [6.07, 6.45) is 0.484. The maximum Gasteiger partial charge on any atom is 0.238 e. The zero-order chi connectivity index (χ0) is 12.3. The molecule has 1 aromatic rings. The summed E-state index contributed by atoms with van der Waals surface area (Å²) in [6.45, 7) is 1.79. The summed E-state index contributed by atoms with van der Waals surface area (Å²) in [5.41, 5.74) is 6.38. The maximum absolute atomic E-state index is 11.2. The predicted molar refractivity (Wildman–Crippen MR) is 59.7 cm³/mol. The third-order valence-corrected chi connectivity index (χ3v) is 3.16. The van der Waals surface area contributed by atoms with E-state index >= 15 is 0 Å². The van der Waals surface area contributed by atoms with E-state index in [1.54, 1.807) is 6.92 Å². The molecule has 6 nitrogen and oxygen atoms in total. The Morgan fingerprint density at radius 1 is 1.50 bits per heavy atom. The lowest BCUT2D eigenvalue weighted by Gasteiger charge is -2.07. The Balaban J connectivity index is 3.39. The predicted octanol–water partition coefficient (Wildman–Crippen LogP) is -0.00910. The van der Waals surface area contributed by atoms with Gasteiger partial charge in [-0.15, -0.1) is 0 Å². The maximum atomic E-state index is 11.2. The van der Waals surface area contributed by atoms with Gasteiger partial charge < -0.3 is 10.9 Å². The van der Waals surface area contributed by atoms with E-state index in [1.165, 1.54) is 18.2 Å². The van der Waals surface area contributed by atoms with Gasteiger partial charge in [0.25, 0.3) is 0 Å². The van der Waals surface area contributed by atoms with Crippen LogP contribution < -0.4 is 10.9 Å². The average Bonchev–Trinajstić information content (AvgIpc) is 2.25. The number of oxime groups is 1. The van der Waals surface area contributed by atoms with Crippen LogP contribution in [0.1, 0.15) is 18.1 Å². The molecule has 16 heavy (non-hydrogen) atoms. The minimum atomic E-state index is -3.74. The molecule has 0 aliphatic heterocycles. The molecular formula is C9H13N3O3S. The van der Waals surface area contributed by atoms with Gasteiger partial charge in [0, 0.05) is 5.56 Å². The highest BCUT2D eigenvalue weighted by Gasteiger charge is 2.14. The Morgan fingerprint density at radius 2 is 2.12 bits per heavy atom. The summed E-state index contributed by atoms with van der Waals surface area (Å²) < 4.78 is 22.5. The van der Waals surface area contributed by atoms with Gasteiger partial charge in [-0.2, -0.15) is 0 Å². The van der Waals surface area contributed by atoms with Gasteiger partial charge in [0.05, 0.1) is 4.90 Å². The van der Waals surface area contributed by atoms with Crippen LogP contribution in [0, 0.1) is 0 Å². The van der Waals surface area contributed by atoms with Crippen LogP contribution >= 0.6 is 0 Å². The van der Waals surface area contributed by atoms with Crippen molar-refractivity contribution in [3.63, 3.8) is 0 Å². The van der Waals surface area contributed by atoms with Crippen molar-refractivity contribution in [2.24, 2.45) is 16.0 Å². The zero-order valence-corrected chi connectivity index (χ0v) is 9.53. The van der Waals surface area contributed by atoms with E-state index in [0.717, 1.165) is 0 Å². The number of sulfonamides is 1. The Bertz CT molecular complexity index is 523. The van der Waals surface area contributed by atoms with Crippen LogP contribution in [0.25, 0.3) is 0 Å². The molecule has 88 valence electrons. The van der Waals surface area contributed by atoms with E-state index in [2.05, 4.69) is 5.16 Å². The monoisotopic (exact) mass is 243 g/mol. The average molecular weight is 243 g/mol. The molecular weight excluding hydrogens is 230 g/mol. The standard InChI is InChI=1S/C9H13N3O3S/c1-2-6-5-7(9(10)12-13)3-4-8(6)16(11,14)15/h3-5,13H,2H2,1H3,(H2,10,12)(H2,11,14,15). The summed E-state index contributed by atoms with van der Waals surface area (Å²) in [7, 11) is -3.74. The molecule has 0 unspecified atom stereocenters. The molecule has 0 saturated carbocycles. The van der Waals surface area contributed by atoms with Crippen molar-refractivity contribution in [1.29, 1.82) is 0 Å². The van der Waals surface area contributed by atoms with Gasteiger partial charge in [-0.25, -0.2) is 13.6 Å². The topological polar surface area (TPSA) is 119 Å². The number of primary sulfonamides is 1. The molecule has 0 spiro atoms. The summed E-state index contributed by atoms with van der Waals surface area (Å²) in [5.74, 6) is -0.0735. The highest BCUT2D eigenvalue weighted by molar-refractivity contribution is 7.89. The summed E-state index contributed by atoms with van der Waals surface area (Å²) in [5, 5.41) is 16.4. The number of nitrogens with zero attached hydrogens (tertiary/aromatic N) is 1. The van der Waals surface area contributed by atoms with Crippen molar-refractivity contribution in [2.75, 3.05) is 0 Å². The SMILES string of the molecule is CCc1cc(C(N)=NO)ccc1S(N)(=O)=O. The molecule has 5 N–H and O–H groups in total. The molecule has 1 aromatic carbocycles. The number of nitrogens with two attached hydrogens (primary N) is 2. The van der Waals surface area contributed by atoms with Crippen molar-refractivity contribution in [3.05, 3.63) is 29.3 Å². The second-order valence-electron chi connectivity index (χ2n) is 3.21. The highest BCUT2D eigenvalue weighted by atomic mass is 32.2. The molecule has 0 atom stereocenters. The van der Waals surface area contributed by atoms with Crippen LogP contribution in [0.15, 0.2) is 28.3 Å². The van der Waals surface area contributed by atoms with Crippen molar-refractivity contribution < 1.29 is 13.6 Å². The second-order valence-corrected chi connectivity index (χ2v) is 4.74. The van der Waals surface area contributed by atoms with Crippen molar-refractivity contribution >= 4 is 15.9 Å². The molecule has 0 bridgehead atoms. The Hall–Kier alpha value is -1.60. The van der Waals surface area contributed by atoms with E-state index in [-0.39, 0.29) is 10.7 Å². The lowest BCUT2D eigenvalue weighted by molar-refractivity contribution is 0.318. The van der Waals surface area contributed by atoms with Crippen LogP contribution in [0.4, 0.5) is 0 Å². The molecule has 0 aliphatic carbocycles. The van der Waals surface area contributed by atoms with E-state index in [0.29, 0.717) is 17.5 Å². The Labute approximate surface area is 93.6 Å². The van der Waals surface area contributed by atoms with Crippen LogP contribution in [0.5, 0.6) is 0 Å². The van der Waals surface area contributed by atoms with Gasteiger partial charge in [0.15, 0.2) is 5.84 Å². The molecule has 0 fully saturated rings. The van der Waals surface area contributed by atoms with Gasteiger partial charge in [-0.1, -0.05) is 12.1 Å². The van der Waals surface area contributed by atoms with Gasteiger partial charge in [0.2, 0.25) is 10.0 Å². The van der Waals surface area contributed by atoms with E-state index in [4.69, 9.17) is 16.1 Å². The number of aryl methyl sites for hydroxylation is 1. The first-order valence-electron chi connectivity index (χ1n) is 4.53. The van der Waals surface area contributed by atoms with Crippen molar-refractivity contribution in [2.45, 2.75) is 18.2 Å². The highest BCUT2D eigenvalue weighted by Crippen LogP contribution is 2.16.